The molecule has 1 unspecified atom stereocenters. The minimum atomic E-state index is -6.34. The van der Waals surface area contributed by atoms with Crippen molar-refractivity contribution in [1.29, 1.82) is 0 Å². The number of rotatable bonds is 11. The fourth-order valence-corrected chi connectivity index (χ4v) is 4.35. The first-order valence-electron chi connectivity index (χ1n) is 12.2. The third kappa shape index (κ3) is 6.49. The van der Waals surface area contributed by atoms with Gasteiger partial charge in [-0.15, -0.1) is 0 Å². The number of nitrogens with two attached hydrogens (primary N) is 1. The molecular weight excluding hydrogens is 569 g/mol. The number of amides is 1. The number of hydrogen-bond acceptors (Lipinski definition) is 3. The Kier molecular flexibility index (Phi) is 9.77. The molecule has 0 aromatic heterocycles. The van der Waals surface area contributed by atoms with E-state index in [0.29, 0.717) is 13.8 Å². The molecule has 0 aromatic carbocycles. The molecule has 0 heterocycles. The van der Waals surface area contributed by atoms with Crippen LogP contribution in [0.25, 0.3) is 0 Å². The van der Waals surface area contributed by atoms with E-state index < -0.39 is 68.9 Å². The molecule has 0 saturated heterocycles. The first-order chi connectivity index (χ1) is 16.8. The van der Waals surface area contributed by atoms with Gasteiger partial charge in [0.25, 0.3) is 5.92 Å². The topological polar surface area (TPSA) is 64.3 Å². The van der Waals surface area contributed by atoms with Crippen LogP contribution < -0.4 is 11.1 Å². The molecule has 0 fully saturated rings. The average Bonchev–Trinajstić information content (AvgIpc) is 2.62. The van der Waals surface area contributed by atoms with Gasteiger partial charge in [-0.05, 0) is 61.8 Å². The smallest absolute Gasteiger partial charge is 0.351 e. The number of halogens is 11. The molecule has 0 aliphatic carbocycles. The van der Waals surface area contributed by atoms with Gasteiger partial charge in [-0.25, -0.2) is 13.2 Å². The minimum absolute atomic E-state index is 0.0385. The van der Waals surface area contributed by atoms with E-state index >= 15 is 22.0 Å². The molecule has 15 heteroatoms. The Labute approximate surface area is 227 Å². The fraction of sp³-hybridized carbons (Fsp3) is 0.960. The SMILES string of the molecule is CC(C)(N)CC(C)(C)NC(=O)C(C)(C)C(F)(OC(F)(F)C(C)(C)C(C)(C)C(F)(F)C(C)(C)C(F)(F)F)C(F)(F)F. The minimum Gasteiger partial charge on any atom is -0.351 e. The summed E-state index contributed by atoms with van der Waals surface area (Å²) >= 11 is 0. The summed E-state index contributed by atoms with van der Waals surface area (Å²) in [7, 11) is 0. The van der Waals surface area contributed by atoms with Crippen molar-refractivity contribution in [2.75, 3.05) is 0 Å². The molecule has 1 atom stereocenters. The van der Waals surface area contributed by atoms with Crippen LogP contribution in [-0.2, 0) is 9.53 Å². The van der Waals surface area contributed by atoms with Gasteiger partial charge in [0.2, 0.25) is 5.91 Å². The van der Waals surface area contributed by atoms with Crippen LogP contribution in [-0.4, -0.2) is 47.2 Å². The first kappa shape index (κ1) is 38.6. The second-order valence-electron chi connectivity index (χ2n) is 13.8. The predicted octanol–water partition coefficient (Wildman–Crippen LogP) is 8.15. The predicted molar refractivity (Wildman–Crippen MR) is 127 cm³/mol. The number of hydrogen-bond donors (Lipinski definition) is 2. The monoisotopic (exact) mass is 610 g/mol. The van der Waals surface area contributed by atoms with Gasteiger partial charge in [0, 0.05) is 16.5 Å². The second kappa shape index (κ2) is 10.1. The molecule has 0 radical (unpaired) electrons. The van der Waals surface area contributed by atoms with Crippen LogP contribution in [0.1, 0.15) is 89.5 Å². The molecule has 3 N–H and O–H groups in total. The van der Waals surface area contributed by atoms with E-state index in [1.807, 2.05) is 0 Å². The summed E-state index contributed by atoms with van der Waals surface area (Å²) in [6.45, 7) is 7.41. The molecule has 0 aliphatic rings. The fourth-order valence-electron chi connectivity index (χ4n) is 4.35. The highest BCUT2D eigenvalue weighted by Crippen LogP contribution is 2.66. The molecule has 0 aliphatic heterocycles. The van der Waals surface area contributed by atoms with E-state index in [1.165, 1.54) is 27.7 Å². The Hall–Kier alpha value is -1.38. The van der Waals surface area contributed by atoms with Crippen LogP contribution >= 0.6 is 0 Å². The lowest BCUT2D eigenvalue weighted by Crippen LogP contribution is -2.68. The molecule has 0 bridgehead atoms. The zero-order valence-electron chi connectivity index (χ0n) is 24.8. The van der Waals surface area contributed by atoms with E-state index in [2.05, 4.69) is 10.1 Å². The quantitative estimate of drug-likeness (QED) is 0.232. The highest BCUT2D eigenvalue weighted by molar-refractivity contribution is 5.83. The van der Waals surface area contributed by atoms with Crippen molar-refractivity contribution >= 4 is 5.91 Å². The summed E-state index contributed by atoms with van der Waals surface area (Å²) < 4.78 is 164. The molecule has 0 spiro atoms. The van der Waals surface area contributed by atoms with Crippen molar-refractivity contribution in [1.82, 2.24) is 5.32 Å². The molecule has 240 valence electrons. The summed E-state index contributed by atoms with van der Waals surface area (Å²) in [5, 5.41) is 2.12. The summed E-state index contributed by atoms with van der Waals surface area (Å²) in [5.74, 6) is -12.3. The van der Waals surface area contributed by atoms with Crippen molar-refractivity contribution in [2.45, 2.75) is 131 Å². The summed E-state index contributed by atoms with van der Waals surface area (Å²) in [6.07, 6.45) is -17.6. The molecule has 4 nitrogen and oxygen atoms in total. The van der Waals surface area contributed by atoms with Crippen molar-refractivity contribution in [3.8, 4) is 0 Å². The van der Waals surface area contributed by atoms with Crippen LogP contribution in [0, 0.1) is 21.7 Å². The number of carbonyl (C=O) groups excluding carboxylic acids is 1. The summed E-state index contributed by atoms with van der Waals surface area (Å²) in [5.41, 5.74) is -11.0. The summed E-state index contributed by atoms with van der Waals surface area (Å²) in [6, 6.07) is 0. The molecule has 0 rings (SSSR count). The van der Waals surface area contributed by atoms with Gasteiger partial charge in [-0.2, -0.15) is 35.1 Å². The van der Waals surface area contributed by atoms with Gasteiger partial charge in [-0.1, -0.05) is 27.7 Å². The highest BCUT2D eigenvalue weighted by atomic mass is 19.4. The Morgan fingerprint density at radius 3 is 1.30 bits per heavy atom. The van der Waals surface area contributed by atoms with E-state index in [0.717, 1.165) is 0 Å². The molecule has 0 saturated carbocycles. The van der Waals surface area contributed by atoms with Crippen molar-refractivity contribution in [3.63, 3.8) is 0 Å². The lowest BCUT2D eigenvalue weighted by molar-refractivity contribution is -0.469. The third-order valence-electron chi connectivity index (χ3n) is 7.92. The third-order valence-corrected chi connectivity index (χ3v) is 7.92. The van der Waals surface area contributed by atoms with Gasteiger partial charge < -0.3 is 11.1 Å². The molecule has 0 aromatic rings. The normalized spacial score (nSPS) is 17.5. The van der Waals surface area contributed by atoms with Crippen molar-refractivity contribution in [2.24, 2.45) is 27.4 Å². The number of alkyl halides is 11. The highest BCUT2D eigenvalue weighted by Gasteiger charge is 2.78. The van der Waals surface area contributed by atoms with Crippen LogP contribution in [0.15, 0.2) is 0 Å². The Balaban J connectivity index is 6.91. The maximum atomic E-state index is 15.9. The maximum absolute atomic E-state index is 15.9. The van der Waals surface area contributed by atoms with Crippen LogP contribution in [0.5, 0.6) is 0 Å². The van der Waals surface area contributed by atoms with Crippen molar-refractivity contribution in [3.05, 3.63) is 0 Å². The second-order valence-corrected chi connectivity index (χ2v) is 13.8. The van der Waals surface area contributed by atoms with Gasteiger partial charge in [0.05, 0.1) is 5.41 Å². The van der Waals surface area contributed by atoms with Gasteiger partial charge in [0.15, 0.2) is 0 Å². The van der Waals surface area contributed by atoms with E-state index in [9.17, 15) is 31.1 Å². The van der Waals surface area contributed by atoms with Gasteiger partial charge >= 0.3 is 24.3 Å². The van der Waals surface area contributed by atoms with Crippen LogP contribution in [0.2, 0.25) is 0 Å². The molecule has 1 amide bonds. The average molecular weight is 611 g/mol. The maximum Gasteiger partial charge on any atom is 0.449 e. The standard InChI is InChI=1S/C25H41F11N2O2/c1-15(2,37)13-16(3,4)38-14(39)17(5,6)22(28,24(32,33)34)40-25(35,36)19(9,10)18(7,8)21(26,27)20(11,12)23(29,30)31/h13,37H2,1-12H3,(H,38,39). The molecular formula is C25H41F11N2O2. The van der Waals surface area contributed by atoms with E-state index in [-0.39, 0.29) is 48.0 Å². The lowest BCUT2D eigenvalue weighted by atomic mass is 9.57. The van der Waals surface area contributed by atoms with Gasteiger partial charge in [-0.3, -0.25) is 9.53 Å². The van der Waals surface area contributed by atoms with Crippen LogP contribution in [0.3, 0.4) is 0 Å². The Morgan fingerprint density at radius 2 is 1.00 bits per heavy atom. The van der Waals surface area contributed by atoms with Gasteiger partial charge in [0.1, 0.15) is 10.8 Å². The largest absolute Gasteiger partial charge is 0.449 e. The summed E-state index contributed by atoms with van der Waals surface area (Å²) in [4.78, 5) is 12.9. The number of carbonyl (C=O) groups is 1. The van der Waals surface area contributed by atoms with E-state index in [4.69, 9.17) is 5.73 Å². The zero-order valence-corrected chi connectivity index (χ0v) is 24.8. The zero-order chi connectivity index (χ0) is 33.2. The van der Waals surface area contributed by atoms with Crippen molar-refractivity contribution < 1.29 is 57.8 Å². The number of nitrogens with one attached hydrogen (secondary N) is 1. The first-order valence-corrected chi connectivity index (χ1v) is 12.2. The van der Waals surface area contributed by atoms with Crippen LogP contribution in [0.4, 0.5) is 48.3 Å². The lowest BCUT2D eigenvalue weighted by Gasteiger charge is -2.55. The van der Waals surface area contributed by atoms with E-state index in [1.54, 1.807) is 0 Å². The number of ether oxygens (including phenoxy) is 1. The Bertz CT molecular complexity index is 929. The molecule has 40 heavy (non-hydrogen) atoms. The Morgan fingerprint density at radius 1 is 0.625 bits per heavy atom.